The molecule has 2 aliphatic rings. The van der Waals surface area contributed by atoms with Gasteiger partial charge in [-0.2, -0.15) is 0 Å². The van der Waals surface area contributed by atoms with E-state index in [-0.39, 0.29) is 5.41 Å². The first kappa shape index (κ1) is 16.7. The van der Waals surface area contributed by atoms with Gasteiger partial charge in [-0.05, 0) is 12.3 Å². The molecule has 0 radical (unpaired) electrons. The van der Waals surface area contributed by atoms with Gasteiger partial charge in [0.25, 0.3) is 0 Å². The van der Waals surface area contributed by atoms with Gasteiger partial charge in [0, 0.05) is 43.4 Å². The Kier molecular flexibility index (Phi) is 4.15. The molecule has 23 heavy (non-hydrogen) atoms. The fourth-order valence-corrected chi connectivity index (χ4v) is 4.33. The minimum Gasteiger partial charge on any atom is -0.345 e. The average Bonchev–Trinajstić information content (AvgIpc) is 3.02. The smallest absolute Gasteiger partial charge is 0.222 e. The molecule has 1 spiro atoms. The predicted octanol–water partition coefficient (Wildman–Crippen LogP) is 2.92. The van der Waals surface area contributed by atoms with Gasteiger partial charge < -0.3 is 9.80 Å². The van der Waals surface area contributed by atoms with Crippen LogP contribution in [-0.2, 0) is 10.2 Å². The maximum atomic E-state index is 12.2. The number of aromatic nitrogens is 2. The predicted molar refractivity (Wildman–Crippen MR) is 93.9 cm³/mol. The van der Waals surface area contributed by atoms with Gasteiger partial charge >= 0.3 is 0 Å². The van der Waals surface area contributed by atoms with Crippen molar-refractivity contribution >= 4 is 22.4 Å². The Morgan fingerprint density at radius 1 is 1.26 bits per heavy atom. The number of carbonyl (C=O) groups excluding carboxylic acids is 1. The Hall–Kier alpha value is -1.17. The van der Waals surface area contributed by atoms with Gasteiger partial charge in [-0.15, -0.1) is 10.2 Å². The van der Waals surface area contributed by atoms with E-state index >= 15 is 0 Å². The molecule has 5 nitrogen and oxygen atoms in total. The van der Waals surface area contributed by atoms with Crippen molar-refractivity contribution < 1.29 is 4.79 Å². The van der Waals surface area contributed by atoms with E-state index in [9.17, 15) is 4.79 Å². The molecule has 1 aromatic heterocycles. The zero-order valence-electron chi connectivity index (χ0n) is 14.9. The van der Waals surface area contributed by atoms with Crippen LogP contribution in [0.25, 0.3) is 0 Å². The quantitative estimate of drug-likeness (QED) is 0.851. The Morgan fingerprint density at radius 2 is 1.96 bits per heavy atom. The summed E-state index contributed by atoms with van der Waals surface area (Å²) < 4.78 is 0. The van der Waals surface area contributed by atoms with Crippen LogP contribution in [-0.4, -0.2) is 47.2 Å². The second-order valence-corrected chi connectivity index (χ2v) is 9.62. The number of amides is 1. The van der Waals surface area contributed by atoms with Crippen LogP contribution < -0.4 is 4.90 Å². The number of rotatable bonds is 3. The number of hydrogen-bond donors (Lipinski definition) is 0. The van der Waals surface area contributed by atoms with Crippen molar-refractivity contribution in [3.05, 3.63) is 5.01 Å². The van der Waals surface area contributed by atoms with Crippen molar-refractivity contribution in [1.82, 2.24) is 15.1 Å². The van der Waals surface area contributed by atoms with Gasteiger partial charge in [0.15, 0.2) is 0 Å². The van der Waals surface area contributed by atoms with Crippen LogP contribution in [0.2, 0.25) is 0 Å². The van der Waals surface area contributed by atoms with Crippen LogP contribution in [0.4, 0.5) is 5.13 Å². The van der Waals surface area contributed by atoms with Gasteiger partial charge in [0.05, 0.1) is 0 Å². The topological polar surface area (TPSA) is 49.3 Å². The highest BCUT2D eigenvalue weighted by Gasteiger charge is 2.49. The lowest BCUT2D eigenvalue weighted by Gasteiger charge is -2.47. The molecular weight excluding hydrogens is 308 g/mol. The monoisotopic (exact) mass is 336 g/mol. The van der Waals surface area contributed by atoms with Gasteiger partial charge in [0.1, 0.15) is 5.01 Å². The van der Waals surface area contributed by atoms with E-state index in [1.54, 1.807) is 11.3 Å². The zero-order valence-corrected chi connectivity index (χ0v) is 15.7. The van der Waals surface area contributed by atoms with Crippen LogP contribution >= 0.6 is 11.3 Å². The van der Waals surface area contributed by atoms with Gasteiger partial charge in [-0.1, -0.05) is 46.0 Å². The molecule has 0 saturated carbocycles. The Balaban J connectivity index is 1.57. The number of likely N-dealkylation sites (tertiary alicyclic amines) is 1. The first-order valence-electron chi connectivity index (χ1n) is 8.55. The van der Waals surface area contributed by atoms with Crippen LogP contribution in [0.5, 0.6) is 0 Å². The summed E-state index contributed by atoms with van der Waals surface area (Å²) in [4.78, 5) is 16.6. The molecule has 0 atom stereocenters. The average molecular weight is 337 g/mol. The highest BCUT2D eigenvalue weighted by molar-refractivity contribution is 7.15. The summed E-state index contributed by atoms with van der Waals surface area (Å²) in [5, 5.41) is 10.8. The summed E-state index contributed by atoms with van der Waals surface area (Å²) in [6.07, 6.45) is 1.80. The Labute approximate surface area is 143 Å². The fourth-order valence-electron chi connectivity index (χ4n) is 3.43. The van der Waals surface area contributed by atoms with Gasteiger partial charge in [-0.25, -0.2) is 0 Å². The largest absolute Gasteiger partial charge is 0.345 e. The summed E-state index contributed by atoms with van der Waals surface area (Å²) in [5.41, 5.74) is 0.353. The molecule has 0 aromatic carbocycles. The Morgan fingerprint density at radius 3 is 2.52 bits per heavy atom. The molecule has 0 bridgehead atoms. The van der Waals surface area contributed by atoms with Gasteiger partial charge in [0.2, 0.25) is 11.0 Å². The number of carbonyl (C=O) groups is 1. The number of anilines is 1. The summed E-state index contributed by atoms with van der Waals surface area (Å²) in [6, 6.07) is 0. The van der Waals surface area contributed by atoms with Crippen molar-refractivity contribution in [1.29, 1.82) is 0 Å². The molecule has 0 unspecified atom stereocenters. The maximum absolute atomic E-state index is 12.2. The minimum atomic E-state index is 0.0614. The van der Waals surface area contributed by atoms with E-state index in [2.05, 4.69) is 54.6 Å². The summed E-state index contributed by atoms with van der Waals surface area (Å²) >= 11 is 1.70. The molecule has 128 valence electrons. The van der Waals surface area contributed by atoms with E-state index in [4.69, 9.17) is 0 Å². The normalized spacial score (nSPS) is 20.4. The first-order valence-corrected chi connectivity index (χ1v) is 9.37. The van der Waals surface area contributed by atoms with E-state index in [1.165, 1.54) is 0 Å². The zero-order chi connectivity index (χ0) is 16.8. The lowest BCUT2D eigenvalue weighted by molar-refractivity contribution is -0.131. The van der Waals surface area contributed by atoms with Crippen molar-refractivity contribution in [2.75, 3.05) is 31.1 Å². The molecular formula is C17H28N4OS. The van der Waals surface area contributed by atoms with Crippen molar-refractivity contribution in [3.63, 3.8) is 0 Å². The van der Waals surface area contributed by atoms with Crippen LogP contribution in [0.15, 0.2) is 0 Å². The van der Waals surface area contributed by atoms with Crippen molar-refractivity contribution in [3.8, 4) is 0 Å². The van der Waals surface area contributed by atoms with Gasteiger partial charge in [-0.3, -0.25) is 4.79 Å². The van der Waals surface area contributed by atoms with E-state index < -0.39 is 0 Å². The standard InChI is InChI=1S/C17H28N4OS/c1-12(2)8-13(22)20-7-6-17(9-20)10-21(11-17)15-19-18-14(23-15)16(3,4)5/h12H,6-11H2,1-5H3. The summed E-state index contributed by atoms with van der Waals surface area (Å²) in [6.45, 7) is 14.6. The molecule has 2 aliphatic heterocycles. The first-order chi connectivity index (χ1) is 10.7. The van der Waals surface area contributed by atoms with Crippen molar-refractivity contribution in [2.45, 2.75) is 52.9 Å². The molecule has 6 heteroatoms. The molecule has 3 rings (SSSR count). The molecule has 1 amide bonds. The third-order valence-electron chi connectivity index (χ3n) is 4.75. The third kappa shape index (κ3) is 3.37. The van der Waals surface area contributed by atoms with Crippen LogP contribution in [0, 0.1) is 11.3 Å². The summed E-state index contributed by atoms with van der Waals surface area (Å²) in [5.74, 6) is 0.760. The van der Waals surface area contributed by atoms with Crippen LogP contribution in [0.3, 0.4) is 0 Å². The SMILES string of the molecule is CC(C)CC(=O)N1CCC2(C1)CN(c1nnc(C(C)(C)C)s1)C2. The van der Waals surface area contributed by atoms with E-state index in [0.29, 0.717) is 23.7 Å². The second kappa shape index (κ2) is 5.72. The molecule has 0 aliphatic carbocycles. The molecule has 0 N–H and O–H groups in total. The highest BCUT2D eigenvalue weighted by Crippen LogP contribution is 2.43. The Bertz CT molecular complexity index is 584. The number of nitrogens with zero attached hydrogens (tertiary/aromatic N) is 4. The highest BCUT2D eigenvalue weighted by atomic mass is 32.1. The molecule has 2 saturated heterocycles. The van der Waals surface area contributed by atoms with E-state index in [1.807, 2.05) is 0 Å². The van der Waals surface area contributed by atoms with E-state index in [0.717, 1.165) is 42.7 Å². The molecule has 3 heterocycles. The van der Waals surface area contributed by atoms with Crippen LogP contribution in [0.1, 0.15) is 52.5 Å². The summed E-state index contributed by atoms with van der Waals surface area (Å²) in [7, 11) is 0. The second-order valence-electron chi connectivity index (χ2n) is 8.66. The third-order valence-corrected chi connectivity index (χ3v) is 6.16. The molecule has 1 aromatic rings. The fraction of sp³-hybridized carbons (Fsp3) is 0.824. The number of hydrogen-bond acceptors (Lipinski definition) is 5. The maximum Gasteiger partial charge on any atom is 0.222 e. The molecule has 2 fully saturated rings. The van der Waals surface area contributed by atoms with Crippen molar-refractivity contribution in [2.24, 2.45) is 11.3 Å². The minimum absolute atomic E-state index is 0.0614. The lowest BCUT2D eigenvalue weighted by atomic mass is 9.79. The lowest BCUT2D eigenvalue weighted by Crippen LogP contribution is -2.58.